The summed E-state index contributed by atoms with van der Waals surface area (Å²) in [5.74, 6) is -0.308. The summed E-state index contributed by atoms with van der Waals surface area (Å²) >= 11 is 10.6. The van der Waals surface area contributed by atoms with Gasteiger partial charge in [0.1, 0.15) is 13.2 Å². The molecule has 0 atom stereocenters. The van der Waals surface area contributed by atoms with E-state index in [9.17, 15) is 9.90 Å². The molecular formula is C49H61Br3N8O4. The first-order valence-corrected chi connectivity index (χ1v) is 24.8. The molecule has 12 nitrogen and oxygen atoms in total. The minimum atomic E-state index is -0.420. The average molecular weight is 1070 g/mol. The number of nitrogens with zero attached hydrogens (tertiary/aromatic N) is 7. The van der Waals surface area contributed by atoms with Crippen LogP contribution in [0.2, 0.25) is 0 Å². The molecule has 0 bridgehead atoms. The van der Waals surface area contributed by atoms with E-state index in [1.807, 2.05) is 42.8 Å². The summed E-state index contributed by atoms with van der Waals surface area (Å²) in [5.41, 5.74) is 7.02. The van der Waals surface area contributed by atoms with Crippen molar-refractivity contribution in [3.8, 4) is 0 Å². The number of carbonyl (C=O) groups excluding carboxylic acids is 1. The minimum absolute atomic E-state index is 0.308. The molecule has 15 heteroatoms. The smallest absolute Gasteiger partial charge is 0.257 e. The van der Waals surface area contributed by atoms with E-state index < -0.39 is 6.61 Å². The number of hydrogen-bond donors (Lipinski definition) is 1. The Balaban J connectivity index is 1.09. The molecule has 2 aliphatic heterocycles. The number of benzene rings is 3. The minimum Gasteiger partial charge on any atom is -0.851 e. The Bertz CT molecular complexity index is 2050. The maximum absolute atomic E-state index is 13.7. The highest BCUT2D eigenvalue weighted by Crippen LogP contribution is 2.30. The Hall–Kier alpha value is -4.12. The Labute approximate surface area is 404 Å². The lowest BCUT2D eigenvalue weighted by Crippen LogP contribution is -2.32. The molecule has 64 heavy (non-hydrogen) atoms. The van der Waals surface area contributed by atoms with Crippen molar-refractivity contribution >= 4 is 83.2 Å². The van der Waals surface area contributed by atoms with E-state index >= 15 is 0 Å². The molecule has 1 amide bonds. The van der Waals surface area contributed by atoms with Crippen LogP contribution in [0, 0.1) is 0 Å². The Kier molecular flexibility index (Phi) is 20.1. The maximum Gasteiger partial charge on any atom is 0.257 e. The molecule has 0 aromatic heterocycles. The number of nitrogens with one attached hydrogen (secondary N) is 1. The second kappa shape index (κ2) is 26.1. The van der Waals surface area contributed by atoms with Gasteiger partial charge in [-0.3, -0.25) is 14.8 Å². The van der Waals surface area contributed by atoms with Crippen molar-refractivity contribution in [1.29, 1.82) is 0 Å². The van der Waals surface area contributed by atoms with Crippen LogP contribution in [0.3, 0.4) is 0 Å². The van der Waals surface area contributed by atoms with Crippen LogP contribution in [-0.4, -0.2) is 137 Å². The largest absolute Gasteiger partial charge is 0.851 e. The van der Waals surface area contributed by atoms with Gasteiger partial charge in [-0.05, 0) is 131 Å². The quantitative estimate of drug-likeness (QED) is 0.0582. The number of carbonyl (C=O) groups is 1. The zero-order valence-electron chi connectivity index (χ0n) is 37.1. The molecule has 6 rings (SSSR count). The lowest BCUT2D eigenvalue weighted by atomic mass is 10.0. The van der Waals surface area contributed by atoms with Crippen molar-refractivity contribution in [2.24, 2.45) is 10.2 Å². The van der Waals surface area contributed by atoms with Crippen LogP contribution in [0.5, 0.6) is 0 Å². The number of halogens is 3. The van der Waals surface area contributed by atoms with Gasteiger partial charge in [0.05, 0.1) is 36.9 Å². The number of hydrazone groups is 2. The number of likely N-dealkylation sites (N-methyl/N-ethyl adjacent to an activating group) is 2. The Morgan fingerprint density at radius 2 is 1.23 bits per heavy atom. The Morgan fingerprint density at radius 3 is 1.69 bits per heavy atom. The Morgan fingerprint density at radius 1 is 0.750 bits per heavy atom. The molecular weight excluding hydrogens is 1000 g/mol. The predicted molar refractivity (Wildman–Crippen MR) is 269 cm³/mol. The second-order valence-corrected chi connectivity index (χ2v) is 18.3. The van der Waals surface area contributed by atoms with E-state index in [1.165, 1.54) is 25.7 Å². The molecule has 2 saturated heterocycles. The number of ether oxygens (including phenoxy) is 2. The van der Waals surface area contributed by atoms with Crippen LogP contribution in [0.25, 0.3) is 0 Å². The monoisotopic (exact) mass is 1060 g/mol. The van der Waals surface area contributed by atoms with Crippen molar-refractivity contribution < 1.29 is 24.0 Å². The molecule has 3 aromatic rings. The van der Waals surface area contributed by atoms with Crippen LogP contribution in [-0.2, 0) is 9.47 Å². The molecule has 2 fully saturated rings. The maximum atomic E-state index is 13.7. The molecule has 0 unspecified atom stereocenters. The summed E-state index contributed by atoms with van der Waals surface area (Å²) in [4.78, 5) is 18.3. The molecule has 3 aromatic carbocycles. The topological polar surface area (TPSA) is 111 Å². The fraction of sp³-hybridized carbons (Fsp3) is 0.429. The zero-order chi connectivity index (χ0) is 45.1. The van der Waals surface area contributed by atoms with Gasteiger partial charge in [0, 0.05) is 89.3 Å². The molecule has 0 radical (unpaired) electrons. The zero-order valence-corrected chi connectivity index (χ0v) is 41.8. The first-order valence-electron chi connectivity index (χ1n) is 22.4. The van der Waals surface area contributed by atoms with Crippen LogP contribution < -0.4 is 20.2 Å². The van der Waals surface area contributed by atoms with E-state index in [1.54, 1.807) is 6.08 Å². The fourth-order valence-electron chi connectivity index (χ4n) is 7.74. The number of rotatable bonds is 23. The third kappa shape index (κ3) is 15.0. The van der Waals surface area contributed by atoms with Gasteiger partial charge in [-0.15, -0.1) is 6.61 Å². The molecule has 1 N–H and O–H groups in total. The highest BCUT2D eigenvalue weighted by Gasteiger charge is 2.22. The average Bonchev–Trinajstić information content (AvgIpc) is 4.03. The van der Waals surface area contributed by atoms with Crippen molar-refractivity contribution in [1.82, 2.24) is 15.3 Å². The van der Waals surface area contributed by atoms with Gasteiger partial charge < -0.3 is 29.7 Å². The molecule has 342 valence electrons. The summed E-state index contributed by atoms with van der Waals surface area (Å²) in [6, 6.07) is 20.7. The standard InChI is InChI=1S/C49H60Br3N8O4/c1-3-56(42-14-9-38(10-15-42)36-53-59-20-5-6-21-59)24-29-63-31-26-58(27-32-64-30-25-57(4-2)43-16-11-39(12-17-43)37-54-60-22-7-8-23-60)44-18-13-40(19-28-61)47(35-44)55-49(62)48-45(51)33-41(50)34-46(48)52/h9-19,33-37H,3-8,20-32H2,1-2H3/q-1/p+1/b40-19-,53-36+,54-37+. The SMILES string of the molecule is CCN(CCOCC[N+](CCOCCN(CC)c1ccc(/C=N/N2CCCC2)cc1)=C1C=C/C(=C/C[O-])C(NC(=O)c2c(Br)cc(Br)cc2Br)=C1)c1ccc(/C=N/N2CCCC2)cc1. The predicted octanol–water partition coefficient (Wildman–Crippen LogP) is 7.84. The van der Waals surface area contributed by atoms with E-state index in [0.717, 1.165) is 85.0 Å². The number of amides is 1. The third-order valence-electron chi connectivity index (χ3n) is 11.4. The highest BCUT2D eigenvalue weighted by atomic mass is 79.9. The highest BCUT2D eigenvalue weighted by molar-refractivity contribution is 9.11. The van der Waals surface area contributed by atoms with Crippen LogP contribution in [0.1, 0.15) is 61.0 Å². The number of anilines is 2. The third-order valence-corrected chi connectivity index (χ3v) is 13.1. The van der Waals surface area contributed by atoms with Gasteiger partial charge in [0.2, 0.25) is 5.71 Å². The summed E-state index contributed by atoms with van der Waals surface area (Å²) in [6.45, 7) is 14.5. The fourth-order valence-corrected chi connectivity index (χ4v) is 10.4. The van der Waals surface area contributed by atoms with Crippen LogP contribution >= 0.6 is 47.8 Å². The van der Waals surface area contributed by atoms with Gasteiger partial charge in [-0.1, -0.05) is 46.3 Å². The number of hydrogen-bond acceptors (Lipinski definition) is 10. The van der Waals surface area contributed by atoms with Gasteiger partial charge in [-0.25, -0.2) is 4.58 Å². The molecule has 0 saturated carbocycles. The van der Waals surface area contributed by atoms with Gasteiger partial charge in [-0.2, -0.15) is 10.2 Å². The second-order valence-electron chi connectivity index (χ2n) is 15.7. The summed E-state index contributed by atoms with van der Waals surface area (Å²) in [6.07, 6.45) is 16.1. The van der Waals surface area contributed by atoms with Crippen LogP contribution in [0.15, 0.2) is 120 Å². The molecule has 0 spiro atoms. The summed E-state index contributed by atoms with van der Waals surface area (Å²) in [5, 5.41) is 28.4. The van der Waals surface area contributed by atoms with Gasteiger partial charge >= 0.3 is 0 Å². The molecule has 2 heterocycles. The van der Waals surface area contributed by atoms with E-state index in [2.05, 4.69) is 150 Å². The summed E-state index contributed by atoms with van der Waals surface area (Å²) in [7, 11) is 0. The van der Waals surface area contributed by atoms with Crippen molar-refractivity contribution in [3.63, 3.8) is 0 Å². The van der Waals surface area contributed by atoms with Gasteiger partial charge in [0.15, 0.2) is 13.1 Å². The van der Waals surface area contributed by atoms with E-state index in [4.69, 9.17) is 9.47 Å². The lowest BCUT2D eigenvalue weighted by molar-refractivity contribution is -0.532. The molecule has 1 aliphatic carbocycles. The van der Waals surface area contributed by atoms with E-state index in [0.29, 0.717) is 65.3 Å². The van der Waals surface area contributed by atoms with Crippen molar-refractivity contribution in [2.75, 3.05) is 108 Å². The van der Waals surface area contributed by atoms with E-state index in [-0.39, 0.29) is 5.91 Å². The summed E-state index contributed by atoms with van der Waals surface area (Å²) < 4.78 is 16.9. The first kappa shape index (κ1) is 49.3. The van der Waals surface area contributed by atoms with Crippen molar-refractivity contribution in [2.45, 2.75) is 39.5 Å². The number of allylic oxidation sites excluding steroid dienone is 3. The normalized spacial score (nSPS) is 15.9. The van der Waals surface area contributed by atoms with Crippen LogP contribution in [0.4, 0.5) is 11.4 Å². The molecule has 3 aliphatic rings. The van der Waals surface area contributed by atoms with Crippen molar-refractivity contribution in [3.05, 3.63) is 126 Å². The first-order chi connectivity index (χ1) is 31.2. The lowest BCUT2D eigenvalue weighted by Gasteiger charge is -2.23. The van der Waals surface area contributed by atoms with Gasteiger partial charge in [0.25, 0.3) is 5.91 Å².